The summed E-state index contributed by atoms with van der Waals surface area (Å²) in [4.78, 5) is 38.8. The highest BCUT2D eigenvalue weighted by atomic mass is 16.4. The molecule has 0 atom stereocenters. The summed E-state index contributed by atoms with van der Waals surface area (Å²) in [6.07, 6.45) is 1.66. The predicted molar refractivity (Wildman–Crippen MR) is 103 cm³/mol. The SMILES string of the molecule is O=C(Nc1cc(C(=O)O)cc(C(=O)O)c1)Nc1cccc(-c2ccccn2)c1. The maximum absolute atomic E-state index is 12.3. The standard InChI is InChI=1S/C20H15N3O5/c24-18(25)13-8-14(19(26)27)11-16(10-13)23-20(28)22-15-5-3-4-12(9-15)17-6-1-2-7-21-17/h1-11H,(H,24,25)(H,26,27)(H2,22,23,28). The van der Waals surface area contributed by atoms with Gasteiger partial charge in [0, 0.05) is 23.1 Å². The van der Waals surface area contributed by atoms with E-state index in [9.17, 15) is 14.4 Å². The minimum absolute atomic E-state index is 0.0516. The number of carboxylic acid groups (broad SMARTS) is 2. The number of anilines is 2. The number of benzene rings is 2. The van der Waals surface area contributed by atoms with Crippen LogP contribution in [0.3, 0.4) is 0 Å². The van der Waals surface area contributed by atoms with E-state index in [2.05, 4.69) is 15.6 Å². The van der Waals surface area contributed by atoms with Crippen LogP contribution >= 0.6 is 0 Å². The average Bonchev–Trinajstić information content (AvgIpc) is 2.68. The van der Waals surface area contributed by atoms with E-state index in [-0.39, 0.29) is 16.8 Å². The molecule has 4 N–H and O–H groups in total. The molecule has 0 aliphatic heterocycles. The Kier molecular flexibility index (Phi) is 5.31. The lowest BCUT2D eigenvalue weighted by Gasteiger charge is -2.10. The first-order valence-electron chi connectivity index (χ1n) is 8.13. The minimum Gasteiger partial charge on any atom is -0.478 e. The molecule has 0 radical (unpaired) electrons. The van der Waals surface area contributed by atoms with E-state index < -0.39 is 18.0 Å². The number of nitrogens with one attached hydrogen (secondary N) is 2. The van der Waals surface area contributed by atoms with E-state index in [4.69, 9.17) is 10.2 Å². The van der Waals surface area contributed by atoms with E-state index in [1.165, 1.54) is 12.1 Å². The number of carbonyl (C=O) groups excluding carboxylic acids is 1. The molecule has 140 valence electrons. The fraction of sp³-hybridized carbons (Fsp3) is 0. The fourth-order valence-electron chi connectivity index (χ4n) is 2.53. The Balaban J connectivity index is 1.78. The lowest BCUT2D eigenvalue weighted by molar-refractivity contribution is 0.0696. The number of nitrogens with zero attached hydrogens (tertiary/aromatic N) is 1. The van der Waals surface area contributed by atoms with Crippen LogP contribution in [0.4, 0.5) is 16.2 Å². The van der Waals surface area contributed by atoms with Crippen molar-refractivity contribution in [2.75, 3.05) is 10.6 Å². The number of hydrogen-bond acceptors (Lipinski definition) is 4. The molecule has 3 rings (SSSR count). The summed E-state index contributed by atoms with van der Waals surface area (Å²) in [5.74, 6) is -2.59. The van der Waals surface area contributed by atoms with Crippen molar-refractivity contribution in [2.45, 2.75) is 0 Å². The summed E-state index contributed by atoms with van der Waals surface area (Å²) in [5, 5.41) is 23.3. The minimum atomic E-state index is -1.30. The highest BCUT2D eigenvalue weighted by molar-refractivity contribution is 6.02. The van der Waals surface area contributed by atoms with Gasteiger partial charge >= 0.3 is 18.0 Å². The molecule has 0 bridgehead atoms. The summed E-state index contributed by atoms with van der Waals surface area (Å²) in [6.45, 7) is 0. The number of carboxylic acids is 2. The number of pyridine rings is 1. The van der Waals surface area contributed by atoms with Gasteiger partial charge in [0.05, 0.1) is 16.8 Å². The number of hydrogen-bond donors (Lipinski definition) is 4. The lowest BCUT2D eigenvalue weighted by atomic mass is 10.1. The van der Waals surface area contributed by atoms with Crippen LogP contribution in [-0.4, -0.2) is 33.2 Å². The van der Waals surface area contributed by atoms with Gasteiger partial charge in [0.1, 0.15) is 0 Å². The Hall–Kier alpha value is -4.20. The molecule has 0 spiro atoms. The summed E-state index contributed by atoms with van der Waals surface area (Å²) in [7, 11) is 0. The first kappa shape index (κ1) is 18.6. The van der Waals surface area contributed by atoms with Crippen molar-refractivity contribution >= 4 is 29.3 Å². The van der Waals surface area contributed by atoms with Gasteiger partial charge in [0.15, 0.2) is 0 Å². The molecular formula is C20H15N3O5. The summed E-state index contributed by atoms with van der Waals surface area (Å²) < 4.78 is 0. The number of rotatable bonds is 5. The van der Waals surface area contributed by atoms with Gasteiger partial charge in [0.25, 0.3) is 0 Å². The van der Waals surface area contributed by atoms with E-state index in [0.29, 0.717) is 5.69 Å². The smallest absolute Gasteiger partial charge is 0.335 e. The monoisotopic (exact) mass is 377 g/mol. The molecule has 28 heavy (non-hydrogen) atoms. The maximum atomic E-state index is 12.3. The third kappa shape index (κ3) is 4.50. The first-order chi connectivity index (χ1) is 13.4. The number of aromatic carboxylic acids is 2. The lowest BCUT2D eigenvalue weighted by Crippen LogP contribution is -2.20. The van der Waals surface area contributed by atoms with Gasteiger partial charge in [-0.15, -0.1) is 0 Å². The Morgan fingerprint density at radius 1 is 0.750 bits per heavy atom. The van der Waals surface area contributed by atoms with Crippen LogP contribution in [0.5, 0.6) is 0 Å². The van der Waals surface area contributed by atoms with Crippen LogP contribution in [-0.2, 0) is 0 Å². The predicted octanol–water partition coefficient (Wildman–Crippen LogP) is 3.79. The summed E-state index contributed by atoms with van der Waals surface area (Å²) in [5.41, 5.74) is 1.61. The molecule has 3 aromatic rings. The van der Waals surface area contributed by atoms with Gasteiger partial charge in [-0.1, -0.05) is 18.2 Å². The Bertz CT molecular complexity index is 1020. The number of urea groups is 1. The Morgan fingerprint density at radius 2 is 1.43 bits per heavy atom. The molecule has 0 saturated carbocycles. The number of carbonyl (C=O) groups is 3. The van der Waals surface area contributed by atoms with Crippen LogP contribution < -0.4 is 10.6 Å². The third-order valence-electron chi connectivity index (χ3n) is 3.77. The average molecular weight is 377 g/mol. The van der Waals surface area contributed by atoms with E-state index >= 15 is 0 Å². The molecule has 1 aromatic heterocycles. The van der Waals surface area contributed by atoms with Crippen molar-refractivity contribution in [3.8, 4) is 11.3 Å². The summed E-state index contributed by atoms with van der Waals surface area (Å²) in [6, 6.07) is 15.2. The van der Waals surface area contributed by atoms with Gasteiger partial charge in [0.2, 0.25) is 0 Å². The highest BCUT2D eigenvalue weighted by Crippen LogP contribution is 2.21. The molecule has 0 fully saturated rings. The van der Waals surface area contributed by atoms with Crippen molar-refractivity contribution < 1.29 is 24.6 Å². The Labute approximate surface area is 159 Å². The molecule has 8 heteroatoms. The normalized spacial score (nSPS) is 10.1. The molecule has 8 nitrogen and oxygen atoms in total. The van der Waals surface area contributed by atoms with Crippen LogP contribution in [0.1, 0.15) is 20.7 Å². The van der Waals surface area contributed by atoms with E-state index in [1.807, 2.05) is 18.2 Å². The molecule has 1 heterocycles. The Morgan fingerprint density at radius 3 is 2.04 bits per heavy atom. The molecule has 0 saturated heterocycles. The van der Waals surface area contributed by atoms with Crippen molar-refractivity contribution in [3.05, 3.63) is 78.0 Å². The van der Waals surface area contributed by atoms with Crippen LogP contribution in [0.25, 0.3) is 11.3 Å². The van der Waals surface area contributed by atoms with E-state index in [1.54, 1.807) is 30.5 Å². The zero-order chi connectivity index (χ0) is 20.1. The second kappa shape index (κ2) is 8.00. The largest absolute Gasteiger partial charge is 0.478 e. The first-order valence-corrected chi connectivity index (χ1v) is 8.13. The maximum Gasteiger partial charge on any atom is 0.335 e. The number of aromatic nitrogens is 1. The van der Waals surface area contributed by atoms with Gasteiger partial charge in [-0.05, 0) is 42.5 Å². The summed E-state index contributed by atoms with van der Waals surface area (Å²) >= 11 is 0. The number of amides is 2. The third-order valence-corrected chi connectivity index (χ3v) is 3.77. The van der Waals surface area contributed by atoms with Crippen LogP contribution in [0.15, 0.2) is 66.9 Å². The van der Waals surface area contributed by atoms with Gasteiger partial charge in [-0.25, -0.2) is 14.4 Å². The highest BCUT2D eigenvalue weighted by Gasteiger charge is 2.13. The van der Waals surface area contributed by atoms with Crippen molar-refractivity contribution in [1.29, 1.82) is 0 Å². The second-order valence-corrected chi connectivity index (χ2v) is 5.78. The van der Waals surface area contributed by atoms with E-state index in [0.717, 1.165) is 17.3 Å². The van der Waals surface area contributed by atoms with Gasteiger partial charge < -0.3 is 20.8 Å². The molecule has 2 amide bonds. The fourth-order valence-corrected chi connectivity index (χ4v) is 2.53. The topological polar surface area (TPSA) is 129 Å². The van der Waals surface area contributed by atoms with Crippen LogP contribution in [0.2, 0.25) is 0 Å². The van der Waals surface area contributed by atoms with Gasteiger partial charge in [-0.3, -0.25) is 4.98 Å². The molecule has 0 aliphatic carbocycles. The van der Waals surface area contributed by atoms with Crippen molar-refractivity contribution in [1.82, 2.24) is 4.98 Å². The van der Waals surface area contributed by atoms with Crippen molar-refractivity contribution in [3.63, 3.8) is 0 Å². The van der Waals surface area contributed by atoms with Crippen LogP contribution in [0, 0.1) is 0 Å². The van der Waals surface area contributed by atoms with Gasteiger partial charge in [-0.2, -0.15) is 0 Å². The quantitative estimate of drug-likeness (QED) is 0.535. The zero-order valence-electron chi connectivity index (χ0n) is 14.4. The molecule has 0 aliphatic rings. The molecular weight excluding hydrogens is 362 g/mol. The second-order valence-electron chi connectivity index (χ2n) is 5.78. The van der Waals surface area contributed by atoms with Crippen molar-refractivity contribution in [2.24, 2.45) is 0 Å². The molecule has 0 unspecified atom stereocenters. The zero-order valence-corrected chi connectivity index (χ0v) is 14.4. The molecule has 2 aromatic carbocycles.